The number of carbonyl (C=O) groups is 1. The van der Waals surface area contributed by atoms with Gasteiger partial charge in [0.15, 0.2) is 17.3 Å². The zero-order chi connectivity index (χ0) is 19.3. The van der Waals surface area contributed by atoms with E-state index in [0.717, 1.165) is 43.3 Å². The van der Waals surface area contributed by atoms with Crippen LogP contribution in [0.4, 0.5) is 4.39 Å². The van der Waals surface area contributed by atoms with Crippen LogP contribution < -0.4 is 9.47 Å². The maximum absolute atomic E-state index is 12.4. The highest BCUT2D eigenvalue weighted by molar-refractivity contribution is 5.79. The third kappa shape index (κ3) is 4.68. The van der Waals surface area contributed by atoms with Crippen LogP contribution in [0.1, 0.15) is 62.8 Å². The minimum atomic E-state index is -0.791. The number of alkyl halides is 1. The summed E-state index contributed by atoms with van der Waals surface area (Å²) in [5.74, 6) is 3.41. The molecule has 1 saturated carbocycles. The van der Waals surface area contributed by atoms with Gasteiger partial charge in [0, 0.05) is 12.0 Å². The molecule has 1 saturated heterocycles. The van der Waals surface area contributed by atoms with Gasteiger partial charge in [0.2, 0.25) is 6.79 Å². The van der Waals surface area contributed by atoms with Gasteiger partial charge in [0.1, 0.15) is 6.67 Å². The highest BCUT2D eigenvalue weighted by Crippen LogP contribution is 2.42. The largest absolute Gasteiger partial charge is 0.454 e. The summed E-state index contributed by atoms with van der Waals surface area (Å²) in [5, 5.41) is 0. The summed E-state index contributed by atoms with van der Waals surface area (Å²) in [6.07, 6.45) is 8.66. The molecular formula is C23H32FNO3. The Morgan fingerprint density at radius 3 is 2.54 bits per heavy atom. The number of likely N-dealkylation sites (tertiary alicyclic amines) is 1. The van der Waals surface area contributed by atoms with Gasteiger partial charge in [-0.1, -0.05) is 25.0 Å². The maximum Gasteiger partial charge on any atom is 0.231 e. The van der Waals surface area contributed by atoms with Crippen molar-refractivity contribution >= 4 is 5.78 Å². The molecule has 1 aliphatic carbocycles. The first-order valence-corrected chi connectivity index (χ1v) is 10.9. The van der Waals surface area contributed by atoms with E-state index in [9.17, 15) is 9.18 Å². The zero-order valence-electron chi connectivity index (χ0n) is 16.7. The van der Waals surface area contributed by atoms with Gasteiger partial charge in [-0.05, 0) is 75.6 Å². The van der Waals surface area contributed by atoms with E-state index in [-0.39, 0.29) is 5.78 Å². The Morgan fingerprint density at radius 2 is 1.79 bits per heavy atom. The van der Waals surface area contributed by atoms with E-state index in [2.05, 4.69) is 17.0 Å². The second-order valence-electron chi connectivity index (χ2n) is 8.75. The molecule has 0 bridgehead atoms. The number of nitrogens with zero attached hydrogens (tertiary/aromatic N) is 1. The summed E-state index contributed by atoms with van der Waals surface area (Å²) < 4.78 is 23.6. The Hall–Kier alpha value is -1.62. The van der Waals surface area contributed by atoms with Crippen LogP contribution in [0.5, 0.6) is 11.5 Å². The molecule has 0 spiro atoms. The minimum Gasteiger partial charge on any atom is -0.454 e. The molecule has 28 heavy (non-hydrogen) atoms. The fraction of sp³-hybridized carbons (Fsp3) is 0.696. The van der Waals surface area contributed by atoms with Crippen LogP contribution in [0, 0.1) is 11.8 Å². The van der Waals surface area contributed by atoms with Crippen molar-refractivity contribution in [2.24, 2.45) is 11.8 Å². The van der Waals surface area contributed by atoms with E-state index in [0.29, 0.717) is 25.0 Å². The number of benzene rings is 1. The maximum atomic E-state index is 12.4. The van der Waals surface area contributed by atoms with Crippen molar-refractivity contribution in [2.75, 3.05) is 33.1 Å². The third-order valence-corrected chi connectivity index (χ3v) is 6.94. The highest BCUT2D eigenvalue weighted by Gasteiger charge is 2.28. The summed E-state index contributed by atoms with van der Waals surface area (Å²) in [6.45, 7) is 3.03. The predicted molar refractivity (Wildman–Crippen MR) is 107 cm³/mol. The molecule has 3 aliphatic rings. The normalized spacial score (nSPS) is 25.8. The molecule has 0 amide bonds. The third-order valence-electron chi connectivity index (χ3n) is 6.94. The summed E-state index contributed by atoms with van der Waals surface area (Å²) in [4.78, 5) is 13.9. The highest BCUT2D eigenvalue weighted by atomic mass is 19.1. The molecule has 0 radical (unpaired) electrons. The van der Waals surface area contributed by atoms with Gasteiger partial charge >= 0.3 is 0 Å². The van der Waals surface area contributed by atoms with Gasteiger partial charge < -0.3 is 14.4 Å². The molecule has 2 fully saturated rings. The summed E-state index contributed by atoms with van der Waals surface area (Å²) in [6, 6.07) is 6.26. The SMILES string of the molecule is O=C(CF)CC1CCC(CCN2CCC(c3cccc4c3OCO4)CC2)CC1. The quantitative estimate of drug-likeness (QED) is 0.676. The van der Waals surface area contributed by atoms with E-state index < -0.39 is 6.67 Å². The number of hydrogen-bond donors (Lipinski definition) is 0. The van der Waals surface area contributed by atoms with Crippen LogP contribution in [-0.4, -0.2) is 43.8 Å². The smallest absolute Gasteiger partial charge is 0.231 e. The van der Waals surface area contributed by atoms with Crippen molar-refractivity contribution in [3.8, 4) is 11.5 Å². The first-order chi connectivity index (χ1) is 13.7. The summed E-state index contributed by atoms with van der Waals surface area (Å²) in [5.41, 5.74) is 1.32. The van der Waals surface area contributed by atoms with Crippen LogP contribution in [0.3, 0.4) is 0 Å². The molecule has 0 N–H and O–H groups in total. The predicted octanol–water partition coefficient (Wildman–Crippen LogP) is 4.72. The van der Waals surface area contributed by atoms with Crippen molar-refractivity contribution in [2.45, 2.75) is 57.3 Å². The zero-order valence-corrected chi connectivity index (χ0v) is 16.7. The summed E-state index contributed by atoms with van der Waals surface area (Å²) in [7, 11) is 0. The van der Waals surface area contributed by atoms with Crippen LogP contribution in [0.15, 0.2) is 18.2 Å². The van der Waals surface area contributed by atoms with Crippen LogP contribution in [0.2, 0.25) is 0 Å². The Kier molecular flexibility index (Phi) is 6.50. The number of rotatable bonds is 7. The molecule has 154 valence electrons. The topological polar surface area (TPSA) is 38.8 Å². The van der Waals surface area contributed by atoms with Crippen molar-refractivity contribution in [1.29, 1.82) is 0 Å². The molecule has 2 heterocycles. The number of para-hydroxylation sites is 1. The second-order valence-corrected chi connectivity index (χ2v) is 8.75. The lowest BCUT2D eigenvalue weighted by Crippen LogP contribution is -2.34. The van der Waals surface area contributed by atoms with Gasteiger partial charge in [-0.2, -0.15) is 0 Å². The number of Topliss-reactive ketones (excluding diaryl/α,β-unsaturated/α-hetero) is 1. The molecule has 5 heteroatoms. The average Bonchev–Trinajstić information content (AvgIpc) is 3.22. The molecule has 4 nitrogen and oxygen atoms in total. The van der Waals surface area contributed by atoms with Crippen molar-refractivity contribution in [3.05, 3.63) is 23.8 Å². The second kappa shape index (κ2) is 9.25. The molecule has 0 aromatic heterocycles. The number of piperidine rings is 1. The lowest BCUT2D eigenvalue weighted by Gasteiger charge is -2.34. The van der Waals surface area contributed by atoms with E-state index in [1.54, 1.807) is 0 Å². The molecule has 0 atom stereocenters. The lowest BCUT2D eigenvalue weighted by atomic mass is 9.78. The minimum absolute atomic E-state index is 0.215. The molecule has 2 aliphatic heterocycles. The van der Waals surface area contributed by atoms with Crippen molar-refractivity contribution in [3.63, 3.8) is 0 Å². The first kappa shape index (κ1) is 19.7. The number of carbonyl (C=O) groups excluding carboxylic acids is 1. The van der Waals surface area contributed by atoms with Crippen molar-refractivity contribution < 1.29 is 18.7 Å². The Labute approximate surface area is 167 Å². The van der Waals surface area contributed by atoms with Gasteiger partial charge in [0.25, 0.3) is 0 Å². The first-order valence-electron chi connectivity index (χ1n) is 10.9. The lowest BCUT2D eigenvalue weighted by molar-refractivity contribution is -0.121. The van der Waals surface area contributed by atoms with E-state index >= 15 is 0 Å². The molecular weight excluding hydrogens is 357 g/mol. The Bertz CT molecular complexity index is 664. The fourth-order valence-corrected chi connectivity index (χ4v) is 5.21. The van der Waals surface area contributed by atoms with Crippen molar-refractivity contribution in [1.82, 2.24) is 4.90 Å². The number of hydrogen-bond acceptors (Lipinski definition) is 4. The monoisotopic (exact) mass is 389 g/mol. The van der Waals surface area contributed by atoms with E-state index in [4.69, 9.17) is 9.47 Å². The van der Waals surface area contributed by atoms with Gasteiger partial charge in [0.05, 0.1) is 0 Å². The van der Waals surface area contributed by atoms with Crippen LogP contribution in [-0.2, 0) is 4.79 Å². The summed E-state index contributed by atoms with van der Waals surface area (Å²) >= 11 is 0. The fourth-order valence-electron chi connectivity index (χ4n) is 5.21. The Balaban J connectivity index is 1.18. The van der Waals surface area contributed by atoms with Gasteiger partial charge in [-0.3, -0.25) is 4.79 Å². The van der Waals surface area contributed by atoms with Crippen LogP contribution in [0.25, 0.3) is 0 Å². The van der Waals surface area contributed by atoms with Crippen LogP contribution >= 0.6 is 0 Å². The number of ketones is 1. The molecule has 1 aromatic rings. The van der Waals surface area contributed by atoms with E-state index in [1.165, 1.54) is 44.2 Å². The molecule has 0 unspecified atom stereocenters. The molecule has 4 rings (SSSR count). The number of fused-ring (bicyclic) bond motifs is 1. The molecule has 1 aromatic carbocycles. The standard InChI is InChI=1S/C23H32FNO3/c24-15-20(26)14-18-6-4-17(5-7-18)8-11-25-12-9-19(10-13-25)21-2-1-3-22-23(21)28-16-27-22/h1-3,17-19H,4-16H2. The number of halogens is 1. The number of ether oxygens (including phenoxy) is 2. The Morgan fingerprint density at radius 1 is 1.04 bits per heavy atom. The van der Waals surface area contributed by atoms with E-state index in [1.807, 2.05) is 6.07 Å². The average molecular weight is 390 g/mol. The van der Waals surface area contributed by atoms with Gasteiger partial charge in [-0.15, -0.1) is 0 Å². The van der Waals surface area contributed by atoms with Gasteiger partial charge in [-0.25, -0.2) is 4.39 Å².